The first-order valence-electron chi connectivity index (χ1n) is 3.67. The van der Waals surface area contributed by atoms with Crippen LogP contribution in [0.1, 0.15) is 26.5 Å². The van der Waals surface area contributed by atoms with Crippen LogP contribution in [0.5, 0.6) is 0 Å². The van der Waals surface area contributed by atoms with Crippen LogP contribution in [0, 0.1) is 5.41 Å². The zero-order valence-corrected chi connectivity index (χ0v) is 8.70. The molecule has 0 aromatic carbocycles. The number of aromatic nitrogens is 2. The Balaban J connectivity index is 2.65. The molecule has 3 heteroatoms. The van der Waals surface area contributed by atoms with Gasteiger partial charge in [-0.3, -0.25) is 0 Å². The van der Waals surface area contributed by atoms with Crippen molar-refractivity contribution >= 4 is 15.9 Å². The third kappa shape index (κ3) is 3.06. The van der Waals surface area contributed by atoms with Crippen molar-refractivity contribution < 1.29 is 0 Å². The second-order valence-electron chi connectivity index (χ2n) is 3.94. The Morgan fingerprint density at radius 1 is 1.55 bits per heavy atom. The highest BCUT2D eigenvalue weighted by molar-refractivity contribution is 9.10. The van der Waals surface area contributed by atoms with Gasteiger partial charge >= 0.3 is 0 Å². The van der Waals surface area contributed by atoms with Crippen LogP contribution in [-0.2, 0) is 6.42 Å². The highest BCUT2D eigenvalue weighted by Crippen LogP contribution is 2.19. The molecule has 62 valence electrons. The summed E-state index contributed by atoms with van der Waals surface area (Å²) in [5.41, 5.74) is 1.51. The summed E-state index contributed by atoms with van der Waals surface area (Å²) in [4.78, 5) is 7.20. The first kappa shape index (κ1) is 8.78. The molecule has 1 heterocycles. The summed E-state index contributed by atoms with van der Waals surface area (Å²) < 4.78 is 0.816. The van der Waals surface area contributed by atoms with Crippen LogP contribution in [0.3, 0.4) is 0 Å². The predicted octanol–water partition coefficient (Wildman–Crippen LogP) is 2.76. The summed E-state index contributed by atoms with van der Waals surface area (Å²) in [6.07, 6.45) is 2.90. The molecule has 1 aromatic heterocycles. The molecule has 11 heavy (non-hydrogen) atoms. The maximum atomic E-state index is 4.06. The lowest BCUT2D eigenvalue weighted by atomic mass is 9.91. The fourth-order valence-electron chi connectivity index (χ4n) is 0.993. The van der Waals surface area contributed by atoms with Gasteiger partial charge < -0.3 is 4.98 Å². The normalized spacial score (nSPS) is 12.0. The number of rotatable bonds is 1. The van der Waals surface area contributed by atoms with E-state index in [1.165, 1.54) is 5.69 Å². The number of nitrogens with zero attached hydrogens (tertiary/aromatic N) is 1. The van der Waals surface area contributed by atoms with Gasteiger partial charge in [-0.05, 0) is 27.8 Å². The quantitative estimate of drug-likeness (QED) is 0.769. The molecular weight excluding hydrogens is 204 g/mol. The van der Waals surface area contributed by atoms with Gasteiger partial charge in [0.1, 0.15) is 0 Å². The molecule has 1 N–H and O–H groups in total. The summed E-state index contributed by atoms with van der Waals surface area (Å²) in [6.45, 7) is 6.63. The maximum Gasteiger partial charge on any atom is 0.174 e. The van der Waals surface area contributed by atoms with E-state index >= 15 is 0 Å². The number of hydrogen-bond donors (Lipinski definition) is 1. The van der Waals surface area contributed by atoms with Crippen molar-refractivity contribution in [3.63, 3.8) is 0 Å². The molecule has 0 aliphatic heterocycles. The minimum Gasteiger partial charge on any atom is -0.336 e. The van der Waals surface area contributed by atoms with Crippen molar-refractivity contribution in [2.45, 2.75) is 27.2 Å². The SMILES string of the molecule is CC(C)(C)Cc1cnc(Br)[nH]1. The monoisotopic (exact) mass is 216 g/mol. The van der Waals surface area contributed by atoms with Gasteiger partial charge in [-0.15, -0.1) is 0 Å². The molecule has 0 fully saturated rings. The Labute approximate surface area is 75.6 Å². The van der Waals surface area contributed by atoms with Crippen molar-refractivity contribution in [3.8, 4) is 0 Å². The van der Waals surface area contributed by atoms with Crippen LogP contribution in [0.4, 0.5) is 0 Å². The van der Waals surface area contributed by atoms with Gasteiger partial charge in [0, 0.05) is 11.9 Å². The number of imidazole rings is 1. The Kier molecular flexibility index (Phi) is 2.37. The summed E-state index contributed by atoms with van der Waals surface area (Å²) in [6, 6.07) is 0. The lowest BCUT2D eigenvalue weighted by molar-refractivity contribution is 0.407. The standard InChI is InChI=1S/C8H13BrN2/c1-8(2,3)4-6-5-10-7(9)11-6/h5H,4H2,1-3H3,(H,10,11). The summed E-state index contributed by atoms with van der Waals surface area (Å²) in [5, 5.41) is 0. The van der Waals surface area contributed by atoms with E-state index in [9.17, 15) is 0 Å². The van der Waals surface area contributed by atoms with E-state index in [1.807, 2.05) is 6.20 Å². The van der Waals surface area contributed by atoms with E-state index in [0.717, 1.165) is 11.2 Å². The third-order valence-electron chi connectivity index (χ3n) is 1.32. The van der Waals surface area contributed by atoms with E-state index in [0.29, 0.717) is 5.41 Å². The lowest BCUT2D eigenvalue weighted by Gasteiger charge is -2.15. The predicted molar refractivity (Wildman–Crippen MR) is 49.4 cm³/mol. The molecule has 1 aromatic rings. The molecule has 0 aliphatic rings. The summed E-state index contributed by atoms with van der Waals surface area (Å²) in [5.74, 6) is 0. The maximum absolute atomic E-state index is 4.06. The number of halogens is 1. The number of hydrogen-bond acceptors (Lipinski definition) is 1. The Morgan fingerprint density at radius 2 is 2.18 bits per heavy atom. The van der Waals surface area contributed by atoms with Crippen LogP contribution >= 0.6 is 15.9 Å². The van der Waals surface area contributed by atoms with Crippen LogP contribution < -0.4 is 0 Å². The first-order chi connectivity index (χ1) is 4.97. The summed E-state index contributed by atoms with van der Waals surface area (Å²) in [7, 11) is 0. The largest absolute Gasteiger partial charge is 0.336 e. The molecule has 1 rings (SSSR count). The van der Waals surface area contributed by atoms with Crippen molar-refractivity contribution in [2.75, 3.05) is 0 Å². The minimum atomic E-state index is 0.325. The summed E-state index contributed by atoms with van der Waals surface area (Å²) >= 11 is 3.27. The fourth-order valence-corrected chi connectivity index (χ4v) is 1.35. The lowest BCUT2D eigenvalue weighted by Crippen LogP contribution is -2.09. The Hall–Kier alpha value is -0.310. The zero-order chi connectivity index (χ0) is 8.48. The smallest absolute Gasteiger partial charge is 0.174 e. The van der Waals surface area contributed by atoms with Crippen molar-refractivity contribution in [2.24, 2.45) is 5.41 Å². The number of aromatic amines is 1. The van der Waals surface area contributed by atoms with Gasteiger partial charge in [-0.2, -0.15) is 0 Å². The second-order valence-corrected chi connectivity index (χ2v) is 4.69. The zero-order valence-electron chi connectivity index (χ0n) is 7.11. The molecule has 0 spiro atoms. The highest BCUT2D eigenvalue weighted by atomic mass is 79.9. The van der Waals surface area contributed by atoms with Crippen molar-refractivity contribution in [3.05, 3.63) is 16.6 Å². The average molecular weight is 217 g/mol. The van der Waals surface area contributed by atoms with E-state index < -0.39 is 0 Å². The molecule has 0 radical (unpaired) electrons. The van der Waals surface area contributed by atoms with Gasteiger partial charge in [0.2, 0.25) is 0 Å². The van der Waals surface area contributed by atoms with Crippen LogP contribution in [0.15, 0.2) is 10.9 Å². The molecule has 0 aliphatic carbocycles. The second kappa shape index (κ2) is 2.97. The van der Waals surface area contributed by atoms with E-state index in [4.69, 9.17) is 0 Å². The van der Waals surface area contributed by atoms with E-state index in [2.05, 4.69) is 46.7 Å². The first-order valence-corrected chi connectivity index (χ1v) is 4.46. The minimum absolute atomic E-state index is 0.325. The topological polar surface area (TPSA) is 28.7 Å². The molecule has 0 saturated carbocycles. The van der Waals surface area contributed by atoms with Gasteiger partial charge in [-0.25, -0.2) is 4.98 Å². The molecule has 0 saturated heterocycles. The van der Waals surface area contributed by atoms with Crippen LogP contribution in [-0.4, -0.2) is 9.97 Å². The third-order valence-corrected chi connectivity index (χ3v) is 1.72. The molecule has 2 nitrogen and oxygen atoms in total. The fraction of sp³-hybridized carbons (Fsp3) is 0.625. The number of nitrogens with one attached hydrogen (secondary N) is 1. The van der Waals surface area contributed by atoms with Gasteiger partial charge in [0.05, 0.1) is 0 Å². The molecular formula is C8H13BrN2. The van der Waals surface area contributed by atoms with Gasteiger partial charge in [-0.1, -0.05) is 20.8 Å². The van der Waals surface area contributed by atoms with Crippen LogP contribution in [0.2, 0.25) is 0 Å². The Bertz CT molecular complexity index is 234. The molecule has 0 unspecified atom stereocenters. The molecule has 0 atom stereocenters. The molecule has 0 bridgehead atoms. The Morgan fingerprint density at radius 3 is 2.55 bits per heavy atom. The molecule has 0 amide bonds. The van der Waals surface area contributed by atoms with Crippen LogP contribution in [0.25, 0.3) is 0 Å². The van der Waals surface area contributed by atoms with Gasteiger partial charge in [0.25, 0.3) is 0 Å². The average Bonchev–Trinajstić information content (AvgIpc) is 2.10. The number of H-pyrrole nitrogens is 1. The van der Waals surface area contributed by atoms with Crippen molar-refractivity contribution in [1.29, 1.82) is 0 Å². The van der Waals surface area contributed by atoms with E-state index in [-0.39, 0.29) is 0 Å². The van der Waals surface area contributed by atoms with Crippen molar-refractivity contribution in [1.82, 2.24) is 9.97 Å². The highest BCUT2D eigenvalue weighted by Gasteiger charge is 2.12. The van der Waals surface area contributed by atoms with Gasteiger partial charge in [0.15, 0.2) is 4.73 Å². The van der Waals surface area contributed by atoms with E-state index in [1.54, 1.807) is 0 Å².